The van der Waals surface area contributed by atoms with E-state index in [-0.39, 0.29) is 35.1 Å². The molecule has 2 saturated heterocycles. The summed E-state index contributed by atoms with van der Waals surface area (Å²) in [7, 11) is -2.90. The van der Waals surface area contributed by atoms with Gasteiger partial charge in [0.05, 0.1) is 17.8 Å². The summed E-state index contributed by atoms with van der Waals surface area (Å²) in [6, 6.07) is 10.1. The average Bonchev–Trinajstić information content (AvgIpc) is 3.38. The summed E-state index contributed by atoms with van der Waals surface area (Å²) in [5.41, 5.74) is 1.13. The van der Waals surface area contributed by atoms with E-state index in [2.05, 4.69) is 10.2 Å². The van der Waals surface area contributed by atoms with Crippen LogP contribution in [-0.2, 0) is 9.84 Å². The molecule has 9 heteroatoms. The number of furan rings is 1. The normalized spacial score (nSPS) is 21.8. The van der Waals surface area contributed by atoms with E-state index in [9.17, 15) is 18.0 Å². The van der Waals surface area contributed by atoms with Crippen molar-refractivity contribution in [2.75, 3.05) is 43.0 Å². The van der Waals surface area contributed by atoms with E-state index < -0.39 is 9.84 Å². The van der Waals surface area contributed by atoms with Gasteiger partial charge < -0.3 is 14.6 Å². The minimum Gasteiger partial charge on any atom is -0.459 e. The van der Waals surface area contributed by atoms with E-state index in [1.165, 1.54) is 6.26 Å². The molecule has 0 radical (unpaired) electrons. The third-order valence-electron chi connectivity index (χ3n) is 5.46. The topological polar surface area (TPSA) is 99.9 Å². The standard InChI is InChI=1S/C20H23N3O5S/c24-19(18-2-1-12-28-18)21-16-5-3-15(4-6-16)20(25)23-10-8-22(9-11-23)17-7-13-29(26,27)14-17/h1-6,12,17H,7-11,13-14H2,(H,21,24). The Morgan fingerprint density at radius 2 is 1.76 bits per heavy atom. The zero-order chi connectivity index (χ0) is 20.4. The largest absolute Gasteiger partial charge is 0.459 e. The van der Waals surface area contributed by atoms with Crippen LogP contribution in [0.15, 0.2) is 47.1 Å². The lowest BCUT2D eigenvalue weighted by Crippen LogP contribution is -2.52. The molecule has 0 spiro atoms. The minimum absolute atomic E-state index is 0.0624. The Labute approximate surface area is 169 Å². The summed E-state index contributed by atoms with van der Waals surface area (Å²) in [6.07, 6.45) is 2.11. The van der Waals surface area contributed by atoms with Gasteiger partial charge in [-0.1, -0.05) is 0 Å². The Bertz CT molecular complexity index is 978. The first-order valence-corrected chi connectivity index (χ1v) is 11.4. The number of sulfone groups is 1. The van der Waals surface area contributed by atoms with Crippen LogP contribution in [0.25, 0.3) is 0 Å². The SMILES string of the molecule is O=C(Nc1ccc(C(=O)N2CCN(C3CCS(=O)(=O)C3)CC2)cc1)c1ccco1. The van der Waals surface area contributed by atoms with Gasteiger partial charge in [0.15, 0.2) is 15.6 Å². The number of piperazine rings is 1. The summed E-state index contributed by atoms with van der Waals surface area (Å²) in [4.78, 5) is 28.7. The second-order valence-electron chi connectivity index (χ2n) is 7.39. The van der Waals surface area contributed by atoms with Crippen LogP contribution in [0.5, 0.6) is 0 Å². The maximum Gasteiger partial charge on any atom is 0.291 e. The quantitative estimate of drug-likeness (QED) is 0.809. The van der Waals surface area contributed by atoms with E-state index >= 15 is 0 Å². The summed E-state index contributed by atoms with van der Waals surface area (Å²) in [5.74, 6) is 0.302. The first kappa shape index (κ1) is 19.7. The van der Waals surface area contributed by atoms with Gasteiger partial charge in [-0.3, -0.25) is 14.5 Å². The van der Waals surface area contributed by atoms with Crippen molar-refractivity contribution in [3.8, 4) is 0 Å². The molecule has 4 rings (SSSR count). The van der Waals surface area contributed by atoms with E-state index in [1.54, 1.807) is 41.3 Å². The molecule has 1 unspecified atom stereocenters. The zero-order valence-electron chi connectivity index (χ0n) is 15.9. The molecule has 2 amide bonds. The van der Waals surface area contributed by atoms with Gasteiger partial charge in [-0.2, -0.15) is 0 Å². The minimum atomic E-state index is -2.90. The maximum atomic E-state index is 12.8. The van der Waals surface area contributed by atoms with E-state index in [0.29, 0.717) is 43.9 Å². The Balaban J connectivity index is 1.31. The molecule has 8 nitrogen and oxygen atoms in total. The molecule has 2 fully saturated rings. The molecule has 2 aliphatic rings. The van der Waals surface area contributed by atoms with Crippen molar-refractivity contribution >= 4 is 27.3 Å². The van der Waals surface area contributed by atoms with Crippen LogP contribution in [0.4, 0.5) is 5.69 Å². The average molecular weight is 417 g/mol. The molecule has 1 aromatic heterocycles. The molecule has 2 aliphatic heterocycles. The fraction of sp³-hybridized carbons (Fsp3) is 0.400. The van der Waals surface area contributed by atoms with Crippen molar-refractivity contribution in [2.24, 2.45) is 0 Å². The van der Waals surface area contributed by atoms with Crippen molar-refractivity contribution in [1.82, 2.24) is 9.80 Å². The zero-order valence-corrected chi connectivity index (χ0v) is 16.7. The Hall–Kier alpha value is -2.65. The van der Waals surface area contributed by atoms with Gasteiger partial charge in [-0.15, -0.1) is 0 Å². The van der Waals surface area contributed by atoms with Gasteiger partial charge in [0.1, 0.15) is 0 Å². The predicted molar refractivity (Wildman–Crippen MR) is 108 cm³/mol. The number of nitrogens with zero attached hydrogens (tertiary/aromatic N) is 2. The first-order chi connectivity index (χ1) is 13.9. The summed E-state index contributed by atoms with van der Waals surface area (Å²) in [5, 5.41) is 2.72. The monoisotopic (exact) mass is 417 g/mol. The first-order valence-electron chi connectivity index (χ1n) is 9.60. The van der Waals surface area contributed by atoms with Crippen LogP contribution < -0.4 is 5.32 Å². The van der Waals surface area contributed by atoms with Gasteiger partial charge in [-0.25, -0.2) is 8.42 Å². The van der Waals surface area contributed by atoms with Crippen molar-refractivity contribution in [3.05, 3.63) is 54.0 Å². The molecule has 0 aliphatic carbocycles. The molecule has 1 N–H and O–H groups in total. The van der Waals surface area contributed by atoms with E-state index in [0.717, 1.165) is 0 Å². The summed E-state index contributed by atoms with van der Waals surface area (Å²) in [6.45, 7) is 2.52. The third kappa shape index (κ3) is 4.51. The maximum absolute atomic E-state index is 12.8. The molecule has 154 valence electrons. The van der Waals surface area contributed by atoms with E-state index in [1.807, 2.05) is 0 Å². The van der Waals surface area contributed by atoms with Crippen LogP contribution >= 0.6 is 0 Å². The number of rotatable bonds is 4. The lowest BCUT2D eigenvalue weighted by atomic mass is 10.1. The fourth-order valence-corrected chi connectivity index (χ4v) is 5.59. The second-order valence-corrected chi connectivity index (χ2v) is 9.62. The number of hydrogen-bond acceptors (Lipinski definition) is 6. The summed E-state index contributed by atoms with van der Waals surface area (Å²) >= 11 is 0. The van der Waals surface area contributed by atoms with Gasteiger partial charge >= 0.3 is 0 Å². The molecule has 0 saturated carbocycles. The molecule has 2 aromatic rings. The highest BCUT2D eigenvalue weighted by Gasteiger charge is 2.34. The molecular weight excluding hydrogens is 394 g/mol. The second kappa shape index (κ2) is 8.00. The van der Waals surface area contributed by atoms with Crippen LogP contribution in [0.2, 0.25) is 0 Å². The molecule has 0 bridgehead atoms. The molecular formula is C20H23N3O5S. The highest BCUT2D eigenvalue weighted by molar-refractivity contribution is 7.91. The van der Waals surface area contributed by atoms with E-state index in [4.69, 9.17) is 4.42 Å². The molecule has 29 heavy (non-hydrogen) atoms. The number of nitrogens with one attached hydrogen (secondary N) is 1. The number of benzene rings is 1. The van der Waals surface area contributed by atoms with Gasteiger partial charge in [0.25, 0.3) is 11.8 Å². The highest BCUT2D eigenvalue weighted by Crippen LogP contribution is 2.20. The number of anilines is 1. The van der Waals surface area contributed by atoms with Crippen LogP contribution in [0.3, 0.4) is 0 Å². The predicted octanol–water partition coefficient (Wildman–Crippen LogP) is 1.48. The Morgan fingerprint density at radius 1 is 1.03 bits per heavy atom. The summed E-state index contributed by atoms with van der Waals surface area (Å²) < 4.78 is 28.4. The molecule has 3 heterocycles. The van der Waals surface area contributed by atoms with Crippen molar-refractivity contribution in [1.29, 1.82) is 0 Å². The molecule has 1 atom stereocenters. The van der Waals surface area contributed by atoms with Gasteiger partial charge in [-0.05, 0) is 42.8 Å². The molecule has 1 aromatic carbocycles. The van der Waals surface area contributed by atoms with Gasteiger partial charge in [0, 0.05) is 43.5 Å². The van der Waals surface area contributed by atoms with Crippen LogP contribution in [0, 0.1) is 0 Å². The Kier molecular flexibility index (Phi) is 5.42. The number of carbonyl (C=O) groups excluding carboxylic acids is 2. The van der Waals surface area contributed by atoms with Crippen molar-refractivity contribution in [2.45, 2.75) is 12.5 Å². The highest BCUT2D eigenvalue weighted by atomic mass is 32.2. The fourth-order valence-electron chi connectivity index (χ4n) is 3.83. The van der Waals surface area contributed by atoms with Gasteiger partial charge in [0.2, 0.25) is 0 Å². The number of amides is 2. The van der Waals surface area contributed by atoms with Crippen molar-refractivity contribution in [3.63, 3.8) is 0 Å². The Morgan fingerprint density at radius 3 is 2.34 bits per heavy atom. The lowest BCUT2D eigenvalue weighted by Gasteiger charge is -2.37. The number of carbonyl (C=O) groups is 2. The number of hydrogen-bond donors (Lipinski definition) is 1. The van der Waals surface area contributed by atoms with Crippen molar-refractivity contribution < 1.29 is 22.4 Å². The van der Waals surface area contributed by atoms with Crippen LogP contribution in [0.1, 0.15) is 27.3 Å². The smallest absolute Gasteiger partial charge is 0.291 e. The van der Waals surface area contributed by atoms with Crippen LogP contribution in [-0.4, -0.2) is 73.8 Å². The lowest BCUT2D eigenvalue weighted by molar-refractivity contribution is 0.0588. The third-order valence-corrected chi connectivity index (χ3v) is 7.21.